The lowest BCUT2D eigenvalue weighted by molar-refractivity contribution is -0.146. The number of sulfone groups is 1. The van der Waals surface area contributed by atoms with Crippen molar-refractivity contribution in [2.24, 2.45) is 17.8 Å². The second kappa shape index (κ2) is 6.36. The summed E-state index contributed by atoms with van der Waals surface area (Å²) in [5.74, 6) is -2.06. The molecule has 110 valence electrons. The number of aliphatic carboxylic acids is 1. The highest BCUT2D eigenvalue weighted by molar-refractivity contribution is 7.90. The van der Waals surface area contributed by atoms with E-state index in [1.165, 1.54) is 0 Å². The van der Waals surface area contributed by atoms with Crippen molar-refractivity contribution in [3.8, 4) is 0 Å². The number of carbonyl (C=O) groups excluding carboxylic acids is 1. The van der Waals surface area contributed by atoms with E-state index in [0.717, 1.165) is 6.26 Å². The Kier molecular flexibility index (Phi) is 5.34. The summed E-state index contributed by atoms with van der Waals surface area (Å²) in [5, 5.41) is 11.7. The van der Waals surface area contributed by atoms with Gasteiger partial charge in [0, 0.05) is 12.8 Å². The Bertz CT molecular complexity index is 445. The van der Waals surface area contributed by atoms with Gasteiger partial charge in [0.25, 0.3) is 0 Å². The smallest absolute Gasteiger partial charge is 0.307 e. The highest BCUT2D eigenvalue weighted by Gasteiger charge is 2.40. The molecule has 1 aliphatic carbocycles. The zero-order valence-corrected chi connectivity index (χ0v) is 12.1. The molecule has 3 atom stereocenters. The van der Waals surface area contributed by atoms with E-state index in [0.29, 0.717) is 19.3 Å². The molecule has 2 N–H and O–H groups in total. The molecule has 1 fully saturated rings. The molecule has 0 aliphatic heterocycles. The van der Waals surface area contributed by atoms with E-state index in [2.05, 4.69) is 5.32 Å². The second-order valence-electron chi connectivity index (χ2n) is 5.40. The van der Waals surface area contributed by atoms with Gasteiger partial charge in [0.1, 0.15) is 9.84 Å². The minimum Gasteiger partial charge on any atom is -0.481 e. The van der Waals surface area contributed by atoms with Gasteiger partial charge in [-0.2, -0.15) is 0 Å². The fourth-order valence-electron chi connectivity index (χ4n) is 2.53. The third-order valence-corrected chi connectivity index (χ3v) is 4.47. The SMILES string of the molecule is CC1CC(C(=O)O)C(C(=O)NCCCS(C)(=O)=O)C1. The molecule has 0 heterocycles. The van der Waals surface area contributed by atoms with E-state index in [9.17, 15) is 18.0 Å². The van der Waals surface area contributed by atoms with Gasteiger partial charge in [-0.05, 0) is 25.2 Å². The predicted octanol–water partition coefficient (Wildman–Crippen LogP) is 0.284. The summed E-state index contributed by atoms with van der Waals surface area (Å²) >= 11 is 0. The lowest BCUT2D eigenvalue weighted by atomic mass is 9.95. The molecule has 0 radical (unpaired) electrons. The molecule has 3 unspecified atom stereocenters. The predicted molar refractivity (Wildman–Crippen MR) is 70.4 cm³/mol. The number of rotatable bonds is 6. The summed E-state index contributed by atoms with van der Waals surface area (Å²) in [6.45, 7) is 2.20. The first kappa shape index (κ1) is 15.9. The van der Waals surface area contributed by atoms with Gasteiger partial charge >= 0.3 is 5.97 Å². The Balaban J connectivity index is 2.42. The van der Waals surface area contributed by atoms with Crippen molar-refractivity contribution in [1.29, 1.82) is 0 Å². The minimum absolute atomic E-state index is 0.0245. The molecule has 0 aromatic carbocycles. The van der Waals surface area contributed by atoms with Crippen LogP contribution in [0.25, 0.3) is 0 Å². The monoisotopic (exact) mass is 291 g/mol. The summed E-state index contributed by atoms with van der Waals surface area (Å²) in [6, 6.07) is 0. The van der Waals surface area contributed by atoms with Crippen molar-refractivity contribution < 1.29 is 23.1 Å². The van der Waals surface area contributed by atoms with Gasteiger partial charge in [-0.25, -0.2) is 8.42 Å². The van der Waals surface area contributed by atoms with Gasteiger partial charge < -0.3 is 10.4 Å². The molecule has 0 aromatic rings. The third-order valence-electron chi connectivity index (χ3n) is 3.44. The number of hydrogen-bond acceptors (Lipinski definition) is 4. The van der Waals surface area contributed by atoms with Gasteiger partial charge in [0.05, 0.1) is 17.6 Å². The average molecular weight is 291 g/mol. The van der Waals surface area contributed by atoms with Gasteiger partial charge in [-0.3, -0.25) is 9.59 Å². The lowest BCUT2D eigenvalue weighted by Crippen LogP contribution is -2.36. The molecule has 0 aromatic heterocycles. The first-order valence-electron chi connectivity index (χ1n) is 6.39. The molecule has 6 nitrogen and oxygen atoms in total. The summed E-state index contributed by atoms with van der Waals surface area (Å²) in [4.78, 5) is 23.0. The molecule has 1 saturated carbocycles. The molecule has 1 rings (SSSR count). The molecule has 7 heteroatoms. The minimum atomic E-state index is -3.02. The van der Waals surface area contributed by atoms with Crippen LogP contribution >= 0.6 is 0 Å². The Morgan fingerprint density at radius 1 is 1.26 bits per heavy atom. The first-order chi connectivity index (χ1) is 8.70. The van der Waals surface area contributed by atoms with E-state index in [-0.39, 0.29) is 24.1 Å². The molecule has 1 aliphatic rings. The number of carboxylic acids is 1. The van der Waals surface area contributed by atoms with Crippen molar-refractivity contribution in [3.05, 3.63) is 0 Å². The van der Waals surface area contributed by atoms with Crippen LogP contribution in [0.15, 0.2) is 0 Å². The normalized spacial score (nSPS) is 27.2. The maximum atomic E-state index is 11.9. The van der Waals surface area contributed by atoms with Crippen LogP contribution in [-0.2, 0) is 19.4 Å². The quantitative estimate of drug-likeness (QED) is 0.685. The Morgan fingerprint density at radius 2 is 1.84 bits per heavy atom. The van der Waals surface area contributed by atoms with Crippen LogP contribution in [0, 0.1) is 17.8 Å². The van der Waals surface area contributed by atoms with Crippen molar-refractivity contribution in [1.82, 2.24) is 5.32 Å². The van der Waals surface area contributed by atoms with Gasteiger partial charge in [-0.1, -0.05) is 6.92 Å². The summed E-state index contributed by atoms with van der Waals surface area (Å²) in [5.41, 5.74) is 0. The number of carboxylic acid groups (broad SMARTS) is 1. The average Bonchev–Trinajstić information content (AvgIpc) is 2.65. The van der Waals surface area contributed by atoms with Gasteiger partial charge in [-0.15, -0.1) is 0 Å². The zero-order chi connectivity index (χ0) is 14.6. The van der Waals surface area contributed by atoms with E-state index in [4.69, 9.17) is 5.11 Å². The van der Waals surface area contributed by atoms with Crippen LogP contribution in [0.3, 0.4) is 0 Å². The highest BCUT2D eigenvalue weighted by atomic mass is 32.2. The third kappa shape index (κ3) is 5.18. The van der Waals surface area contributed by atoms with E-state index < -0.39 is 27.6 Å². The maximum Gasteiger partial charge on any atom is 0.307 e. The molecular formula is C12H21NO5S. The summed E-state index contributed by atoms with van der Waals surface area (Å²) in [7, 11) is -3.02. The van der Waals surface area contributed by atoms with Crippen LogP contribution in [0.4, 0.5) is 0 Å². The van der Waals surface area contributed by atoms with Crippen LogP contribution in [-0.4, -0.2) is 44.0 Å². The van der Waals surface area contributed by atoms with Crippen LogP contribution in [0.5, 0.6) is 0 Å². The second-order valence-corrected chi connectivity index (χ2v) is 7.66. The first-order valence-corrected chi connectivity index (χ1v) is 8.45. The highest BCUT2D eigenvalue weighted by Crippen LogP contribution is 2.36. The van der Waals surface area contributed by atoms with Crippen LogP contribution in [0.2, 0.25) is 0 Å². The van der Waals surface area contributed by atoms with Gasteiger partial charge in [0.15, 0.2) is 0 Å². The molecule has 0 bridgehead atoms. The Hall–Kier alpha value is -1.11. The number of amides is 1. The van der Waals surface area contributed by atoms with E-state index in [1.54, 1.807) is 0 Å². The fourth-order valence-corrected chi connectivity index (χ4v) is 3.20. The van der Waals surface area contributed by atoms with Crippen molar-refractivity contribution in [2.45, 2.75) is 26.2 Å². The zero-order valence-electron chi connectivity index (χ0n) is 11.3. The van der Waals surface area contributed by atoms with Crippen LogP contribution in [0.1, 0.15) is 26.2 Å². The topological polar surface area (TPSA) is 101 Å². The molecule has 1 amide bonds. The van der Waals surface area contributed by atoms with Crippen LogP contribution < -0.4 is 5.32 Å². The number of carbonyl (C=O) groups is 2. The van der Waals surface area contributed by atoms with Crippen molar-refractivity contribution in [2.75, 3.05) is 18.6 Å². The Labute approximate surface area is 113 Å². The van der Waals surface area contributed by atoms with Crippen molar-refractivity contribution >= 4 is 21.7 Å². The molecule has 0 spiro atoms. The van der Waals surface area contributed by atoms with Crippen molar-refractivity contribution in [3.63, 3.8) is 0 Å². The summed E-state index contributed by atoms with van der Waals surface area (Å²) < 4.78 is 21.9. The molecular weight excluding hydrogens is 270 g/mol. The number of nitrogens with one attached hydrogen (secondary N) is 1. The number of hydrogen-bond donors (Lipinski definition) is 2. The lowest BCUT2D eigenvalue weighted by Gasteiger charge is -2.15. The fraction of sp³-hybridized carbons (Fsp3) is 0.833. The standard InChI is InChI=1S/C12H21NO5S/c1-8-6-9(10(7-8)12(15)16)11(14)13-4-3-5-19(2,17)18/h8-10H,3-7H2,1-2H3,(H,13,14)(H,15,16). The Morgan fingerprint density at radius 3 is 2.37 bits per heavy atom. The summed E-state index contributed by atoms with van der Waals surface area (Å²) in [6.07, 6.45) is 2.60. The molecule has 19 heavy (non-hydrogen) atoms. The van der Waals surface area contributed by atoms with E-state index in [1.807, 2.05) is 6.92 Å². The van der Waals surface area contributed by atoms with Gasteiger partial charge in [0.2, 0.25) is 5.91 Å². The molecule has 0 saturated heterocycles. The maximum absolute atomic E-state index is 11.9. The largest absolute Gasteiger partial charge is 0.481 e. The van der Waals surface area contributed by atoms with E-state index >= 15 is 0 Å².